The molecule has 0 radical (unpaired) electrons. The van der Waals surface area contributed by atoms with Crippen molar-refractivity contribution in [2.45, 2.75) is 31.5 Å². The standard InChI is InChI=1S/C10H14N2O6/c1-4-2-12(10(17)11-8(4)16)9-7(15)6(14)5(3-13)18-9/h2,5-7,9,13-15H,3H2,1H3,(H,11,16,17)/t5-,6-,7+,9+/m1/s1. The largest absolute Gasteiger partial charge is 0.394 e. The molecule has 18 heavy (non-hydrogen) atoms. The molecule has 8 heteroatoms. The van der Waals surface area contributed by atoms with Crippen molar-refractivity contribution in [2.24, 2.45) is 0 Å². The van der Waals surface area contributed by atoms with Crippen LogP contribution in [-0.4, -0.2) is 49.8 Å². The Balaban J connectivity index is 2.42. The third kappa shape index (κ3) is 1.99. The van der Waals surface area contributed by atoms with Crippen LogP contribution < -0.4 is 11.2 Å². The predicted octanol–water partition coefficient (Wildman–Crippen LogP) is -2.54. The number of nitrogens with one attached hydrogen (secondary N) is 1. The zero-order valence-electron chi connectivity index (χ0n) is 9.61. The van der Waals surface area contributed by atoms with Crippen LogP contribution in [-0.2, 0) is 4.74 Å². The number of rotatable bonds is 2. The number of aryl methyl sites for hydroxylation is 1. The molecule has 1 saturated heterocycles. The molecule has 0 amide bonds. The highest BCUT2D eigenvalue weighted by Gasteiger charge is 2.43. The summed E-state index contributed by atoms with van der Waals surface area (Å²) in [5.74, 6) is 0. The first kappa shape index (κ1) is 13.0. The molecule has 2 heterocycles. The van der Waals surface area contributed by atoms with E-state index in [1.165, 1.54) is 13.1 Å². The minimum atomic E-state index is -1.36. The highest BCUT2D eigenvalue weighted by atomic mass is 16.6. The molecule has 0 saturated carbocycles. The summed E-state index contributed by atoms with van der Waals surface area (Å²) in [7, 11) is 0. The SMILES string of the molecule is Cc1cn([C@H]2O[C@H](CO)[C@@H](O)[C@@H]2O)c(=O)[nH]c1=O. The van der Waals surface area contributed by atoms with Crippen LogP contribution in [0.3, 0.4) is 0 Å². The molecule has 1 aromatic rings. The Morgan fingerprint density at radius 3 is 2.61 bits per heavy atom. The van der Waals surface area contributed by atoms with Gasteiger partial charge in [-0.25, -0.2) is 4.79 Å². The fourth-order valence-corrected chi connectivity index (χ4v) is 1.88. The molecular weight excluding hydrogens is 244 g/mol. The molecule has 2 rings (SSSR count). The van der Waals surface area contributed by atoms with Gasteiger partial charge in [0, 0.05) is 11.8 Å². The summed E-state index contributed by atoms with van der Waals surface area (Å²) in [6, 6.07) is 0. The molecule has 0 bridgehead atoms. The third-order valence-electron chi connectivity index (χ3n) is 2.94. The van der Waals surface area contributed by atoms with Crippen molar-refractivity contribution in [3.63, 3.8) is 0 Å². The number of aromatic nitrogens is 2. The van der Waals surface area contributed by atoms with Crippen LogP contribution in [0.4, 0.5) is 0 Å². The van der Waals surface area contributed by atoms with E-state index in [1.807, 2.05) is 0 Å². The van der Waals surface area contributed by atoms with Gasteiger partial charge in [0.05, 0.1) is 6.61 Å². The third-order valence-corrected chi connectivity index (χ3v) is 2.94. The fourth-order valence-electron chi connectivity index (χ4n) is 1.88. The first-order chi connectivity index (χ1) is 8.45. The van der Waals surface area contributed by atoms with Crippen molar-refractivity contribution in [1.82, 2.24) is 9.55 Å². The van der Waals surface area contributed by atoms with Crippen molar-refractivity contribution in [3.8, 4) is 0 Å². The van der Waals surface area contributed by atoms with E-state index < -0.39 is 42.4 Å². The maximum absolute atomic E-state index is 11.6. The van der Waals surface area contributed by atoms with E-state index in [0.717, 1.165) is 4.57 Å². The summed E-state index contributed by atoms with van der Waals surface area (Å²) in [5.41, 5.74) is -1.00. The lowest BCUT2D eigenvalue weighted by Gasteiger charge is -2.17. The Kier molecular flexibility index (Phi) is 3.35. The van der Waals surface area contributed by atoms with Gasteiger partial charge in [0.25, 0.3) is 5.56 Å². The maximum atomic E-state index is 11.6. The summed E-state index contributed by atoms with van der Waals surface area (Å²) < 4.78 is 6.17. The molecule has 1 aliphatic heterocycles. The van der Waals surface area contributed by atoms with Crippen molar-refractivity contribution in [2.75, 3.05) is 6.61 Å². The van der Waals surface area contributed by atoms with E-state index in [2.05, 4.69) is 4.98 Å². The van der Waals surface area contributed by atoms with Gasteiger partial charge in [-0.15, -0.1) is 0 Å². The van der Waals surface area contributed by atoms with Gasteiger partial charge in [-0.2, -0.15) is 0 Å². The van der Waals surface area contributed by atoms with Gasteiger partial charge in [-0.1, -0.05) is 0 Å². The first-order valence-corrected chi connectivity index (χ1v) is 5.40. The number of H-pyrrole nitrogens is 1. The number of aromatic amines is 1. The highest BCUT2D eigenvalue weighted by Crippen LogP contribution is 2.27. The molecule has 4 N–H and O–H groups in total. The van der Waals surface area contributed by atoms with Crippen LogP contribution in [0, 0.1) is 6.92 Å². The second kappa shape index (κ2) is 4.65. The Labute approximate surface area is 101 Å². The van der Waals surface area contributed by atoms with E-state index in [-0.39, 0.29) is 5.56 Å². The quantitative estimate of drug-likeness (QED) is 0.463. The van der Waals surface area contributed by atoms with Gasteiger partial charge in [-0.3, -0.25) is 14.3 Å². The zero-order valence-corrected chi connectivity index (χ0v) is 9.61. The monoisotopic (exact) mass is 258 g/mol. The van der Waals surface area contributed by atoms with E-state index in [9.17, 15) is 19.8 Å². The van der Waals surface area contributed by atoms with Crippen LogP contribution in [0.5, 0.6) is 0 Å². The number of hydrogen-bond donors (Lipinski definition) is 4. The van der Waals surface area contributed by atoms with Gasteiger partial charge in [0.15, 0.2) is 6.23 Å². The van der Waals surface area contributed by atoms with E-state index in [0.29, 0.717) is 0 Å². The van der Waals surface area contributed by atoms with Crippen molar-refractivity contribution in [3.05, 3.63) is 32.6 Å². The molecular formula is C10H14N2O6. The molecule has 8 nitrogen and oxygen atoms in total. The second-order valence-corrected chi connectivity index (χ2v) is 4.21. The lowest BCUT2D eigenvalue weighted by molar-refractivity contribution is -0.0551. The average molecular weight is 258 g/mol. The van der Waals surface area contributed by atoms with Gasteiger partial charge in [0.2, 0.25) is 0 Å². The van der Waals surface area contributed by atoms with E-state index in [1.54, 1.807) is 0 Å². The lowest BCUT2D eigenvalue weighted by Crippen LogP contribution is -2.38. The van der Waals surface area contributed by atoms with Crippen molar-refractivity contribution < 1.29 is 20.1 Å². The summed E-state index contributed by atoms with van der Waals surface area (Å²) >= 11 is 0. The minimum Gasteiger partial charge on any atom is -0.394 e. The molecule has 0 unspecified atom stereocenters. The number of aliphatic hydroxyl groups is 3. The number of aliphatic hydroxyl groups excluding tert-OH is 3. The van der Waals surface area contributed by atoms with Crippen LogP contribution in [0.1, 0.15) is 11.8 Å². The lowest BCUT2D eigenvalue weighted by atomic mass is 10.1. The molecule has 1 aliphatic rings. The summed E-state index contributed by atoms with van der Waals surface area (Å²) in [6.07, 6.45) is -3.52. The van der Waals surface area contributed by atoms with Crippen LogP contribution in [0.15, 0.2) is 15.8 Å². The molecule has 4 atom stereocenters. The van der Waals surface area contributed by atoms with Crippen LogP contribution in [0.2, 0.25) is 0 Å². The fraction of sp³-hybridized carbons (Fsp3) is 0.600. The Bertz CT molecular complexity index is 550. The summed E-state index contributed by atoms with van der Waals surface area (Å²) in [5, 5.41) is 28.3. The predicted molar refractivity (Wildman–Crippen MR) is 59.1 cm³/mol. The first-order valence-electron chi connectivity index (χ1n) is 5.40. The zero-order chi connectivity index (χ0) is 13.4. The van der Waals surface area contributed by atoms with Crippen LogP contribution in [0.25, 0.3) is 0 Å². The molecule has 1 aromatic heterocycles. The molecule has 0 spiro atoms. The number of hydrogen-bond acceptors (Lipinski definition) is 6. The Morgan fingerprint density at radius 2 is 2.06 bits per heavy atom. The van der Waals surface area contributed by atoms with Gasteiger partial charge >= 0.3 is 5.69 Å². The van der Waals surface area contributed by atoms with Gasteiger partial charge in [0.1, 0.15) is 18.3 Å². The van der Waals surface area contributed by atoms with Crippen molar-refractivity contribution >= 4 is 0 Å². The van der Waals surface area contributed by atoms with Gasteiger partial charge < -0.3 is 20.1 Å². The minimum absolute atomic E-state index is 0.271. The maximum Gasteiger partial charge on any atom is 0.330 e. The summed E-state index contributed by atoms with van der Waals surface area (Å²) in [4.78, 5) is 24.9. The second-order valence-electron chi connectivity index (χ2n) is 4.21. The van der Waals surface area contributed by atoms with Crippen LogP contribution >= 0.6 is 0 Å². The highest BCUT2D eigenvalue weighted by molar-refractivity contribution is 5.03. The normalized spacial score (nSPS) is 31.8. The van der Waals surface area contributed by atoms with E-state index >= 15 is 0 Å². The van der Waals surface area contributed by atoms with Gasteiger partial charge in [-0.05, 0) is 6.92 Å². The molecule has 0 aliphatic carbocycles. The number of ether oxygens (including phenoxy) is 1. The molecule has 100 valence electrons. The number of nitrogens with zero attached hydrogens (tertiary/aromatic N) is 1. The summed E-state index contributed by atoms with van der Waals surface area (Å²) in [6.45, 7) is 1.02. The van der Waals surface area contributed by atoms with Crippen molar-refractivity contribution in [1.29, 1.82) is 0 Å². The Hall–Kier alpha value is -1.48. The average Bonchev–Trinajstić information content (AvgIpc) is 2.61. The molecule has 0 aromatic carbocycles. The van der Waals surface area contributed by atoms with E-state index in [4.69, 9.17) is 9.84 Å². The topological polar surface area (TPSA) is 125 Å². The Morgan fingerprint density at radius 1 is 1.39 bits per heavy atom. The smallest absolute Gasteiger partial charge is 0.330 e. The molecule has 1 fully saturated rings.